The number of para-hydroxylation sites is 4. The summed E-state index contributed by atoms with van der Waals surface area (Å²) < 4.78 is 12.5. The second-order valence-electron chi connectivity index (χ2n) is 6.92. The first kappa shape index (κ1) is 15.6. The van der Waals surface area contributed by atoms with Crippen LogP contribution in [0.25, 0.3) is 55.0 Å². The minimum absolute atomic E-state index is 0.668. The summed E-state index contributed by atoms with van der Waals surface area (Å²) in [7, 11) is 1.09. The summed E-state index contributed by atoms with van der Waals surface area (Å²) in [6, 6.07) is 26.2. The summed E-state index contributed by atoms with van der Waals surface area (Å²) in [5, 5.41) is 13.8. The lowest BCUT2D eigenvalue weighted by Gasteiger charge is -2.03. The van der Waals surface area contributed by atoms with Crippen LogP contribution in [0.2, 0.25) is 0 Å². The van der Waals surface area contributed by atoms with Crippen LogP contribution in [0.4, 0.5) is 0 Å². The minimum Gasteiger partial charge on any atom is -0.456 e. The van der Waals surface area contributed by atoms with Crippen LogP contribution in [-0.4, -0.2) is 12.5 Å². The van der Waals surface area contributed by atoms with Gasteiger partial charge in [-0.15, -0.1) is 0 Å². The molecule has 0 saturated heterocycles. The molecule has 0 saturated carbocycles. The third-order valence-corrected chi connectivity index (χ3v) is 5.39. The van der Waals surface area contributed by atoms with Gasteiger partial charge < -0.3 is 13.9 Å². The van der Waals surface area contributed by atoms with E-state index in [1.54, 1.807) is 0 Å². The van der Waals surface area contributed by atoms with E-state index in [1.807, 2.05) is 54.6 Å². The molecule has 28 heavy (non-hydrogen) atoms. The normalized spacial score (nSPS) is 11.8. The molecular weight excluding hydrogens is 347 g/mol. The first-order valence-corrected chi connectivity index (χ1v) is 9.17. The summed E-state index contributed by atoms with van der Waals surface area (Å²) in [5.74, 6) is 0. The summed E-state index contributed by atoms with van der Waals surface area (Å²) >= 11 is 0. The van der Waals surface area contributed by atoms with Crippen LogP contribution in [0.1, 0.15) is 0 Å². The fraction of sp³-hybridized carbons (Fsp3) is 0. The number of benzene rings is 4. The lowest BCUT2D eigenvalue weighted by molar-refractivity contribution is 0.613. The van der Waals surface area contributed by atoms with Crippen LogP contribution in [0.15, 0.2) is 87.7 Å². The van der Waals surface area contributed by atoms with Crippen LogP contribution in [0.5, 0.6) is 0 Å². The van der Waals surface area contributed by atoms with Crippen molar-refractivity contribution in [2.75, 3.05) is 0 Å². The molecule has 2 heterocycles. The zero-order valence-corrected chi connectivity index (χ0v) is 14.8. The van der Waals surface area contributed by atoms with Crippen molar-refractivity contribution in [1.29, 1.82) is 0 Å². The molecule has 0 bridgehead atoms. The summed E-state index contributed by atoms with van der Waals surface area (Å²) in [5.41, 5.74) is 5.84. The highest BCUT2D eigenvalue weighted by atomic mass is 16.3. The third kappa shape index (κ3) is 2.04. The fourth-order valence-electron chi connectivity index (χ4n) is 4.12. The lowest BCUT2D eigenvalue weighted by atomic mass is 9.87. The van der Waals surface area contributed by atoms with Gasteiger partial charge in [-0.3, -0.25) is 0 Å². The van der Waals surface area contributed by atoms with Crippen molar-refractivity contribution in [2.45, 2.75) is 0 Å². The van der Waals surface area contributed by atoms with E-state index in [1.165, 1.54) is 0 Å². The monoisotopic (exact) mass is 361 g/mol. The molecule has 0 aliphatic carbocycles. The van der Waals surface area contributed by atoms with E-state index in [4.69, 9.17) is 8.83 Å². The average Bonchev–Trinajstić information content (AvgIpc) is 3.32. The third-order valence-electron chi connectivity index (χ3n) is 5.39. The van der Waals surface area contributed by atoms with Crippen molar-refractivity contribution >= 4 is 56.8 Å². The van der Waals surface area contributed by atoms with Gasteiger partial charge in [-0.25, -0.2) is 0 Å². The van der Waals surface area contributed by atoms with Gasteiger partial charge in [0.1, 0.15) is 22.3 Å². The number of fused-ring (bicyclic) bond motifs is 6. The van der Waals surface area contributed by atoms with E-state index in [2.05, 4.69) is 24.3 Å². The van der Waals surface area contributed by atoms with Gasteiger partial charge >= 0.3 is 7.48 Å². The van der Waals surface area contributed by atoms with Gasteiger partial charge in [-0.1, -0.05) is 72.8 Å². The molecule has 0 fully saturated rings. The van der Waals surface area contributed by atoms with Crippen LogP contribution in [-0.2, 0) is 0 Å². The van der Waals surface area contributed by atoms with Crippen LogP contribution >= 0.6 is 0 Å². The molecule has 0 aliphatic heterocycles. The molecule has 1 N–H and O–H groups in total. The highest BCUT2D eigenvalue weighted by Gasteiger charge is 2.18. The van der Waals surface area contributed by atoms with E-state index in [9.17, 15) is 5.02 Å². The SMILES string of the molecule is O[B]c1cccc2c1oc1c(-c3cccc4c3oc3ccccc34)cccc12. The van der Waals surface area contributed by atoms with Crippen molar-refractivity contribution in [3.05, 3.63) is 78.9 Å². The Morgan fingerprint density at radius 2 is 1.11 bits per heavy atom. The van der Waals surface area contributed by atoms with Gasteiger partial charge in [0.15, 0.2) is 0 Å². The maximum Gasteiger partial charge on any atom is 0.330 e. The summed E-state index contributed by atoms with van der Waals surface area (Å²) in [4.78, 5) is 0. The number of furan rings is 2. The van der Waals surface area contributed by atoms with Crippen molar-refractivity contribution < 1.29 is 13.9 Å². The highest BCUT2D eigenvalue weighted by Crippen LogP contribution is 2.40. The molecule has 0 amide bonds. The van der Waals surface area contributed by atoms with E-state index in [0.29, 0.717) is 11.0 Å². The predicted molar refractivity (Wildman–Crippen MR) is 114 cm³/mol. The number of hydrogen-bond acceptors (Lipinski definition) is 3. The number of rotatable bonds is 2. The van der Waals surface area contributed by atoms with Gasteiger partial charge in [0.2, 0.25) is 0 Å². The Hall–Kier alpha value is -3.50. The zero-order chi connectivity index (χ0) is 18.7. The van der Waals surface area contributed by atoms with E-state index in [-0.39, 0.29) is 0 Å². The Balaban J connectivity index is 1.74. The second-order valence-corrected chi connectivity index (χ2v) is 6.92. The maximum atomic E-state index is 9.57. The molecule has 6 aromatic rings. The Bertz CT molecular complexity index is 1510. The fourth-order valence-corrected chi connectivity index (χ4v) is 4.12. The van der Waals surface area contributed by atoms with Crippen molar-refractivity contribution in [1.82, 2.24) is 0 Å². The molecule has 4 aromatic carbocycles. The van der Waals surface area contributed by atoms with Crippen LogP contribution in [0, 0.1) is 0 Å². The maximum absolute atomic E-state index is 9.57. The first-order chi connectivity index (χ1) is 13.8. The molecule has 3 nitrogen and oxygen atoms in total. The van der Waals surface area contributed by atoms with Crippen LogP contribution in [0.3, 0.4) is 0 Å². The van der Waals surface area contributed by atoms with Crippen molar-refractivity contribution in [3.63, 3.8) is 0 Å². The predicted octanol–water partition coefficient (Wildman–Crippen LogP) is 5.39. The van der Waals surface area contributed by atoms with Crippen molar-refractivity contribution in [2.24, 2.45) is 0 Å². The average molecular weight is 361 g/mol. The topological polar surface area (TPSA) is 46.5 Å². The Morgan fingerprint density at radius 3 is 1.86 bits per heavy atom. The van der Waals surface area contributed by atoms with Gasteiger partial charge in [-0.2, -0.15) is 0 Å². The van der Waals surface area contributed by atoms with Gasteiger partial charge in [0.05, 0.1) is 0 Å². The molecule has 0 aliphatic rings. The van der Waals surface area contributed by atoms with Gasteiger partial charge in [0, 0.05) is 32.7 Å². The molecular formula is C24H14BO3. The minimum atomic E-state index is 0.668. The van der Waals surface area contributed by atoms with Gasteiger partial charge in [-0.05, 0) is 11.5 Å². The lowest BCUT2D eigenvalue weighted by Crippen LogP contribution is -2.12. The van der Waals surface area contributed by atoms with E-state index >= 15 is 0 Å². The molecule has 2 aromatic heterocycles. The molecule has 131 valence electrons. The summed E-state index contributed by atoms with van der Waals surface area (Å²) in [6.07, 6.45) is 0. The first-order valence-electron chi connectivity index (χ1n) is 9.17. The molecule has 6 rings (SSSR count). The zero-order valence-electron chi connectivity index (χ0n) is 14.8. The molecule has 4 heteroatoms. The molecule has 1 radical (unpaired) electrons. The second kappa shape index (κ2) is 5.75. The largest absolute Gasteiger partial charge is 0.456 e. The summed E-state index contributed by atoms with van der Waals surface area (Å²) in [6.45, 7) is 0. The molecule has 0 atom stereocenters. The van der Waals surface area contributed by atoms with Crippen LogP contribution < -0.4 is 5.46 Å². The van der Waals surface area contributed by atoms with E-state index < -0.39 is 0 Å². The number of hydrogen-bond donors (Lipinski definition) is 1. The smallest absolute Gasteiger partial charge is 0.330 e. The van der Waals surface area contributed by atoms with Crippen molar-refractivity contribution in [3.8, 4) is 11.1 Å². The Morgan fingerprint density at radius 1 is 0.536 bits per heavy atom. The van der Waals surface area contributed by atoms with Gasteiger partial charge in [0.25, 0.3) is 0 Å². The quantitative estimate of drug-likeness (QED) is 0.421. The molecule has 0 unspecified atom stereocenters. The molecule has 0 spiro atoms. The Kier molecular flexibility index (Phi) is 3.19. The standard InChI is InChI=1S/C24H14BO3/c26-25-20-12-5-11-19-18-10-4-9-17(23(18)28-24(19)20)16-8-3-7-15-14-6-1-2-13-21(14)27-22(15)16/h1-13,26H. The highest BCUT2D eigenvalue weighted by molar-refractivity contribution is 6.50. The van der Waals surface area contributed by atoms with E-state index in [0.717, 1.165) is 56.9 Å². The Labute approximate surface area is 161 Å².